The summed E-state index contributed by atoms with van der Waals surface area (Å²) in [6.07, 6.45) is 0. The molecule has 2 aromatic heterocycles. The van der Waals surface area contributed by atoms with Crippen molar-refractivity contribution in [1.29, 1.82) is 0 Å². The largest absolute Gasteiger partial charge is 0.479 e. The zero-order valence-electron chi connectivity index (χ0n) is 9.60. The lowest BCUT2D eigenvalue weighted by molar-refractivity contribution is 0.253. The molecule has 2 N–H and O–H groups in total. The van der Waals surface area contributed by atoms with Gasteiger partial charge in [-0.25, -0.2) is 9.20 Å². The Kier molecular flexibility index (Phi) is 3.08. The van der Waals surface area contributed by atoms with Crippen molar-refractivity contribution in [3.05, 3.63) is 18.2 Å². The molecule has 0 aromatic carbocycles. The van der Waals surface area contributed by atoms with Crippen LogP contribution in [0.1, 0.15) is 6.92 Å². The van der Waals surface area contributed by atoms with E-state index < -0.39 is 0 Å². The Morgan fingerprint density at radius 2 is 2.29 bits per heavy atom. The van der Waals surface area contributed by atoms with Gasteiger partial charge in [-0.15, -0.1) is 10.2 Å². The summed E-state index contributed by atoms with van der Waals surface area (Å²) >= 11 is 0. The number of amides is 2. The standard InChI is InChI=1S/C10H13N5O2/c1-3-17-8-6-4-5-7-13-14-9(15(7)8)12-10(16)11-2/h4-6H,3H2,1-2H3,(H2,11,12,14,16). The summed E-state index contributed by atoms with van der Waals surface area (Å²) < 4.78 is 7.08. The van der Waals surface area contributed by atoms with Crippen molar-refractivity contribution in [1.82, 2.24) is 19.9 Å². The molecule has 0 saturated heterocycles. The van der Waals surface area contributed by atoms with Crippen molar-refractivity contribution >= 4 is 17.6 Å². The number of nitrogens with zero attached hydrogens (tertiary/aromatic N) is 3. The average Bonchev–Trinajstić information content (AvgIpc) is 2.74. The van der Waals surface area contributed by atoms with Gasteiger partial charge in [0.05, 0.1) is 6.61 Å². The minimum Gasteiger partial charge on any atom is -0.479 e. The van der Waals surface area contributed by atoms with Crippen molar-refractivity contribution in [2.45, 2.75) is 6.92 Å². The van der Waals surface area contributed by atoms with E-state index in [1.807, 2.05) is 13.0 Å². The van der Waals surface area contributed by atoms with Gasteiger partial charge < -0.3 is 10.1 Å². The van der Waals surface area contributed by atoms with Crippen LogP contribution in [0, 0.1) is 0 Å². The number of urea groups is 1. The summed E-state index contributed by atoms with van der Waals surface area (Å²) in [4.78, 5) is 11.2. The molecule has 0 aliphatic heterocycles. The second-order valence-corrected chi connectivity index (χ2v) is 3.22. The summed E-state index contributed by atoms with van der Waals surface area (Å²) in [5.41, 5.74) is 0.613. The van der Waals surface area contributed by atoms with E-state index in [4.69, 9.17) is 4.74 Å². The lowest BCUT2D eigenvalue weighted by atomic mass is 10.4. The third-order valence-corrected chi connectivity index (χ3v) is 2.14. The van der Waals surface area contributed by atoms with E-state index >= 15 is 0 Å². The fraction of sp³-hybridized carbons (Fsp3) is 0.300. The van der Waals surface area contributed by atoms with Gasteiger partial charge in [0.2, 0.25) is 11.8 Å². The molecule has 2 amide bonds. The number of fused-ring (bicyclic) bond motifs is 1. The molecule has 0 atom stereocenters. The van der Waals surface area contributed by atoms with Crippen molar-refractivity contribution in [3.63, 3.8) is 0 Å². The van der Waals surface area contributed by atoms with Gasteiger partial charge in [0, 0.05) is 7.05 Å². The third-order valence-electron chi connectivity index (χ3n) is 2.14. The van der Waals surface area contributed by atoms with E-state index in [9.17, 15) is 4.79 Å². The molecular formula is C10H13N5O2. The molecule has 0 aliphatic rings. The van der Waals surface area contributed by atoms with Crippen LogP contribution in [0.5, 0.6) is 5.88 Å². The number of rotatable bonds is 3. The molecule has 0 saturated carbocycles. The van der Waals surface area contributed by atoms with Gasteiger partial charge in [-0.2, -0.15) is 0 Å². The quantitative estimate of drug-likeness (QED) is 0.827. The maximum Gasteiger partial charge on any atom is 0.321 e. The van der Waals surface area contributed by atoms with E-state index in [0.29, 0.717) is 24.1 Å². The first-order valence-electron chi connectivity index (χ1n) is 5.22. The highest BCUT2D eigenvalue weighted by molar-refractivity contribution is 5.87. The molecule has 0 aliphatic carbocycles. The van der Waals surface area contributed by atoms with E-state index in [0.717, 1.165) is 0 Å². The fourth-order valence-electron chi connectivity index (χ4n) is 1.42. The molecule has 2 aromatic rings. The Labute approximate surface area is 97.8 Å². The van der Waals surface area contributed by atoms with E-state index in [2.05, 4.69) is 20.8 Å². The monoisotopic (exact) mass is 235 g/mol. The Balaban J connectivity index is 2.45. The van der Waals surface area contributed by atoms with Crippen LogP contribution in [-0.2, 0) is 0 Å². The van der Waals surface area contributed by atoms with Crippen LogP contribution >= 0.6 is 0 Å². The maximum atomic E-state index is 11.2. The van der Waals surface area contributed by atoms with E-state index in [1.54, 1.807) is 16.5 Å². The number of ether oxygens (including phenoxy) is 1. The van der Waals surface area contributed by atoms with Crippen LogP contribution in [0.3, 0.4) is 0 Å². The lowest BCUT2D eigenvalue weighted by Gasteiger charge is -2.08. The first-order chi connectivity index (χ1) is 8.26. The van der Waals surface area contributed by atoms with Crippen molar-refractivity contribution in [2.24, 2.45) is 0 Å². The maximum absolute atomic E-state index is 11.2. The van der Waals surface area contributed by atoms with Crippen molar-refractivity contribution < 1.29 is 9.53 Å². The minimum atomic E-state index is -0.356. The zero-order valence-corrected chi connectivity index (χ0v) is 9.60. The molecule has 0 radical (unpaired) electrons. The zero-order chi connectivity index (χ0) is 12.3. The van der Waals surface area contributed by atoms with Gasteiger partial charge in [-0.1, -0.05) is 6.07 Å². The van der Waals surface area contributed by atoms with Crippen molar-refractivity contribution in [2.75, 3.05) is 19.0 Å². The first-order valence-corrected chi connectivity index (χ1v) is 5.22. The second-order valence-electron chi connectivity index (χ2n) is 3.22. The van der Waals surface area contributed by atoms with Gasteiger partial charge in [0.15, 0.2) is 5.65 Å². The number of hydrogen-bond donors (Lipinski definition) is 2. The number of nitrogens with one attached hydrogen (secondary N) is 2. The van der Waals surface area contributed by atoms with Crippen LogP contribution in [0.25, 0.3) is 5.65 Å². The third kappa shape index (κ3) is 2.12. The Bertz CT molecular complexity index is 536. The summed E-state index contributed by atoms with van der Waals surface area (Å²) in [6, 6.07) is 5.03. The molecule has 2 heterocycles. The van der Waals surface area contributed by atoms with E-state index in [1.165, 1.54) is 7.05 Å². The van der Waals surface area contributed by atoms with Gasteiger partial charge >= 0.3 is 6.03 Å². The number of carbonyl (C=O) groups is 1. The number of aromatic nitrogens is 3. The number of pyridine rings is 1. The Morgan fingerprint density at radius 3 is 3.00 bits per heavy atom. The normalized spacial score (nSPS) is 10.2. The predicted molar refractivity (Wildman–Crippen MR) is 62.2 cm³/mol. The topological polar surface area (TPSA) is 80.6 Å². The summed E-state index contributed by atoms with van der Waals surface area (Å²) in [7, 11) is 1.53. The molecule has 90 valence electrons. The SMILES string of the molecule is CCOc1cccc2nnc(NC(=O)NC)n12. The summed E-state index contributed by atoms with van der Waals surface area (Å²) in [5.74, 6) is 0.907. The second kappa shape index (κ2) is 4.69. The fourth-order valence-corrected chi connectivity index (χ4v) is 1.42. The van der Waals surface area contributed by atoms with Gasteiger partial charge in [-0.3, -0.25) is 5.32 Å². The minimum absolute atomic E-state index is 0.323. The van der Waals surface area contributed by atoms with Crippen LogP contribution in [-0.4, -0.2) is 34.3 Å². The molecule has 7 heteroatoms. The molecule has 0 unspecified atom stereocenters. The number of carbonyl (C=O) groups excluding carboxylic acids is 1. The number of hydrogen-bond acceptors (Lipinski definition) is 4. The van der Waals surface area contributed by atoms with Crippen LogP contribution < -0.4 is 15.4 Å². The van der Waals surface area contributed by atoms with Crippen LogP contribution in [0.15, 0.2) is 18.2 Å². The van der Waals surface area contributed by atoms with Crippen LogP contribution in [0.2, 0.25) is 0 Å². The highest BCUT2D eigenvalue weighted by Crippen LogP contribution is 2.18. The molecule has 2 rings (SSSR count). The van der Waals surface area contributed by atoms with Crippen LogP contribution in [0.4, 0.5) is 10.7 Å². The summed E-state index contributed by atoms with van der Waals surface area (Å²) in [5, 5.41) is 12.8. The molecule has 17 heavy (non-hydrogen) atoms. The summed E-state index contributed by atoms with van der Waals surface area (Å²) in [6.45, 7) is 2.41. The van der Waals surface area contributed by atoms with Gasteiger partial charge in [0.25, 0.3) is 0 Å². The van der Waals surface area contributed by atoms with Gasteiger partial charge in [-0.05, 0) is 19.1 Å². The molecule has 7 nitrogen and oxygen atoms in total. The predicted octanol–water partition coefficient (Wildman–Crippen LogP) is 0.879. The van der Waals surface area contributed by atoms with E-state index in [-0.39, 0.29) is 6.03 Å². The highest BCUT2D eigenvalue weighted by Gasteiger charge is 2.11. The Morgan fingerprint density at radius 1 is 1.47 bits per heavy atom. The average molecular weight is 235 g/mol. The highest BCUT2D eigenvalue weighted by atomic mass is 16.5. The van der Waals surface area contributed by atoms with Crippen molar-refractivity contribution in [3.8, 4) is 5.88 Å². The smallest absolute Gasteiger partial charge is 0.321 e. The Hall–Kier alpha value is -2.31. The lowest BCUT2D eigenvalue weighted by Crippen LogP contribution is -2.25. The van der Waals surface area contributed by atoms with Gasteiger partial charge in [0.1, 0.15) is 0 Å². The molecule has 0 fully saturated rings. The molecular weight excluding hydrogens is 222 g/mol. The molecule has 0 bridgehead atoms. The molecule has 0 spiro atoms. The first kappa shape index (κ1) is 11.2. The number of anilines is 1.